The highest BCUT2D eigenvalue weighted by Crippen LogP contribution is 2.33. The van der Waals surface area contributed by atoms with Crippen molar-refractivity contribution < 1.29 is 9.26 Å². The SMILES string of the molecule is NC1(c2nc(C3CCCOC3)no2)CCCCCC1. The van der Waals surface area contributed by atoms with Crippen LogP contribution in [0.1, 0.15) is 69.0 Å². The first kappa shape index (κ1) is 13.1. The van der Waals surface area contributed by atoms with E-state index in [1.807, 2.05) is 0 Å². The minimum Gasteiger partial charge on any atom is -0.381 e. The van der Waals surface area contributed by atoms with Crippen LogP contribution in [-0.4, -0.2) is 23.4 Å². The Morgan fingerprint density at radius 2 is 1.89 bits per heavy atom. The van der Waals surface area contributed by atoms with Gasteiger partial charge in [0.2, 0.25) is 5.89 Å². The molecule has 5 nitrogen and oxygen atoms in total. The van der Waals surface area contributed by atoms with Crippen LogP contribution in [0.25, 0.3) is 0 Å². The van der Waals surface area contributed by atoms with Gasteiger partial charge in [-0.3, -0.25) is 0 Å². The molecular formula is C14H23N3O2. The smallest absolute Gasteiger partial charge is 0.246 e. The molecule has 1 aliphatic carbocycles. The Hall–Kier alpha value is -0.940. The fourth-order valence-corrected chi connectivity index (χ4v) is 3.12. The van der Waals surface area contributed by atoms with E-state index in [1.54, 1.807) is 0 Å². The molecule has 1 saturated heterocycles. The van der Waals surface area contributed by atoms with Crippen molar-refractivity contribution in [1.29, 1.82) is 0 Å². The van der Waals surface area contributed by atoms with E-state index in [2.05, 4.69) is 10.1 Å². The Kier molecular flexibility index (Phi) is 3.84. The monoisotopic (exact) mass is 265 g/mol. The first-order valence-electron chi connectivity index (χ1n) is 7.49. The number of rotatable bonds is 2. The van der Waals surface area contributed by atoms with Crippen LogP contribution in [0.4, 0.5) is 0 Å². The van der Waals surface area contributed by atoms with E-state index in [-0.39, 0.29) is 5.92 Å². The molecule has 3 rings (SSSR count). The van der Waals surface area contributed by atoms with Crippen molar-refractivity contribution in [3.8, 4) is 0 Å². The zero-order valence-electron chi connectivity index (χ0n) is 11.4. The zero-order valence-corrected chi connectivity index (χ0v) is 11.4. The molecule has 1 unspecified atom stereocenters. The lowest BCUT2D eigenvalue weighted by Gasteiger charge is -2.23. The van der Waals surface area contributed by atoms with Crippen molar-refractivity contribution in [3.05, 3.63) is 11.7 Å². The lowest BCUT2D eigenvalue weighted by atomic mass is 9.91. The summed E-state index contributed by atoms with van der Waals surface area (Å²) in [4.78, 5) is 4.59. The van der Waals surface area contributed by atoms with Gasteiger partial charge in [0, 0.05) is 12.5 Å². The third-order valence-corrected chi connectivity index (χ3v) is 4.39. The molecule has 0 spiro atoms. The molecule has 2 aliphatic rings. The molecule has 2 heterocycles. The molecule has 0 aromatic carbocycles. The minimum absolute atomic E-state index is 0.278. The van der Waals surface area contributed by atoms with E-state index in [1.165, 1.54) is 12.8 Å². The summed E-state index contributed by atoms with van der Waals surface area (Å²) in [5, 5.41) is 4.14. The summed E-state index contributed by atoms with van der Waals surface area (Å²) in [7, 11) is 0. The molecule has 1 aromatic rings. The predicted molar refractivity (Wildman–Crippen MR) is 70.7 cm³/mol. The first-order valence-corrected chi connectivity index (χ1v) is 7.49. The largest absolute Gasteiger partial charge is 0.381 e. The summed E-state index contributed by atoms with van der Waals surface area (Å²) in [5.41, 5.74) is 6.09. The van der Waals surface area contributed by atoms with Gasteiger partial charge in [-0.15, -0.1) is 0 Å². The number of ether oxygens (including phenoxy) is 1. The highest BCUT2D eigenvalue weighted by atomic mass is 16.5. The second-order valence-electron chi connectivity index (χ2n) is 5.94. The Morgan fingerprint density at radius 1 is 1.11 bits per heavy atom. The Morgan fingerprint density at radius 3 is 2.58 bits per heavy atom. The van der Waals surface area contributed by atoms with Gasteiger partial charge in [-0.2, -0.15) is 4.98 Å². The van der Waals surface area contributed by atoms with Gasteiger partial charge >= 0.3 is 0 Å². The molecule has 1 aliphatic heterocycles. The standard InChI is InChI=1S/C14H23N3O2/c15-14(7-3-1-2-4-8-14)13-16-12(17-19-13)11-6-5-9-18-10-11/h11H,1-10,15H2. The topological polar surface area (TPSA) is 74.2 Å². The lowest BCUT2D eigenvalue weighted by molar-refractivity contribution is 0.0773. The number of aromatic nitrogens is 2. The van der Waals surface area contributed by atoms with Crippen LogP contribution in [0.5, 0.6) is 0 Å². The van der Waals surface area contributed by atoms with Gasteiger partial charge in [0.1, 0.15) is 0 Å². The normalized spacial score (nSPS) is 27.9. The maximum absolute atomic E-state index is 6.50. The summed E-state index contributed by atoms with van der Waals surface area (Å²) < 4.78 is 11.0. The van der Waals surface area contributed by atoms with Gasteiger partial charge in [0.05, 0.1) is 12.1 Å². The molecule has 2 N–H and O–H groups in total. The van der Waals surface area contributed by atoms with Crippen molar-refractivity contribution in [1.82, 2.24) is 10.1 Å². The van der Waals surface area contributed by atoms with Crippen LogP contribution < -0.4 is 5.73 Å². The van der Waals surface area contributed by atoms with Crippen LogP contribution in [0.2, 0.25) is 0 Å². The zero-order chi connectivity index (χ0) is 13.1. The van der Waals surface area contributed by atoms with Crippen molar-refractivity contribution in [2.45, 2.75) is 62.8 Å². The van der Waals surface area contributed by atoms with E-state index in [9.17, 15) is 0 Å². The van der Waals surface area contributed by atoms with Crippen molar-refractivity contribution in [3.63, 3.8) is 0 Å². The van der Waals surface area contributed by atoms with Crippen molar-refractivity contribution >= 4 is 0 Å². The highest BCUT2D eigenvalue weighted by molar-refractivity contribution is 5.05. The molecule has 0 amide bonds. The molecule has 0 bridgehead atoms. The van der Waals surface area contributed by atoms with Crippen LogP contribution >= 0.6 is 0 Å². The third kappa shape index (κ3) is 2.82. The summed E-state index contributed by atoms with van der Waals surface area (Å²) in [6, 6.07) is 0. The maximum atomic E-state index is 6.50. The lowest BCUT2D eigenvalue weighted by Crippen LogP contribution is -2.36. The number of nitrogens with zero attached hydrogens (tertiary/aromatic N) is 2. The van der Waals surface area contributed by atoms with Crippen molar-refractivity contribution in [2.24, 2.45) is 5.73 Å². The Balaban J connectivity index is 1.75. The molecule has 0 radical (unpaired) electrons. The molecule has 5 heteroatoms. The molecule has 1 saturated carbocycles. The molecule has 2 fully saturated rings. The third-order valence-electron chi connectivity index (χ3n) is 4.39. The Labute approximate surface area is 113 Å². The van der Waals surface area contributed by atoms with E-state index >= 15 is 0 Å². The molecule has 1 aromatic heterocycles. The fraction of sp³-hybridized carbons (Fsp3) is 0.857. The quantitative estimate of drug-likeness (QED) is 0.831. The number of nitrogens with two attached hydrogens (primary N) is 1. The van der Waals surface area contributed by atoms with Gasteiger partial charge in [0.15, 0.2) is 5.82 Å². The van der Waals surface area contributed by atoms with E-state index in [0.29, 0.717) is 12.5 Å². The summed E-state index contributed by atoms with van der Waals surface area (Å²) >= 11 is 0. The predicted octanol–water partition coefficient (Wildman–Crippen LogP) is 2.47. The van der Waals surface area contributed by atoms with Gasteiger partial charge in [-0.05, 0) is 25.7 Å². The maximum Gasteiger partial charge on any atom is 0.246 e. The average Bonchev–Trinajstić information content (AvgIpc) is 2.85. The average molecular weight is 265 g/mol. The van der Waals surface area contributed by atoms with E-state index in [4.69, 9.17) is 15.0 Å². The Bertz CT molecular complexity index is 405. The first-order chi connectivity index (χ1) is 9.28. The van der Waals surface area contributed by atoms with Crippen LogP contribution in [0.3, 0.4) is 0 Å². The summed E-state index contributed by atoms with van der Waals surface area (Å²) in [6.07, 6.45) is 8.89. The molecule has 1 atom stereocenters. The van der Waals surface area contributed by atoms with Crippen molar-refractivity contribution in [2.75, 3.05) is 13.2 Å². The minimum atomic E-state index is -0.405. The van der Waals surface area contributed by atoms with Gasteiger partial charge < -0.3 is 15.0 Å². The molecule has 19 heavy (non-hydrogen) atoms. The summed E-state index contributed by atoms with van der Waals surface area (Å²) in [5.74, 6) is 1.69. The van der Waals surface area contributed by atoms with Gasteiger partial charge in [-0.1, -0.05) is 30.8 Å². The second kappa shape index (κ2) is 5.59. The van der Waals surface area contributed by atoms with Crippen LogP contribution in [0.15, 0.2) is 4.52 Å². The van der Waals surface area contributed by atoms with Gasteiger partial charge in [0.25, 0.3) is 0 Å². The molecule has 106 valence electrons. The highest BCUT2D eigenvalue weighted by Gasteiger charge is 2.35. The second-order valence-corrected chi connectivity index (χ2v) is 5.94. The van der Waals surface area contributed by atoms with Crippen LogP contribution in [-0.2, 0) is 10.3 Å². The van der Waals surface area contributed by atoms with Gasteiger partial charge in [-0.25, -0.2) is 0 Å². The number of hydrogen-bond donors (Lipinski definition) is 1. The van der Waals surface area contributed by atoms with Crippen LogP contribution in [0, 0.1) is 0 Å². The summed E-state index contributed by atoms with van der Waals surface area (Å²) in [6.45, 7) is 1.55. The van der Waals surface area contributed by atoms with E-state index < -0.39 is 5.54 Å². The number of hydrogen-bond acceptors (Lipinski definition) is 5. The fourth-order valence-electron chi connectivity index (χ4n) is 3.12. The van der Waals surface area contributed by atoms with E-state index in [0.717, 1.165) is 51.0 Å². The molecular weight excluding hydrogens is 242 g/mol.